The Kier molecular flexibility index (Phi) is 6.46. The Morgan fingerprint density at radius 2 is 1.73 bits per heavy atom. The fourth-order valence-corrected chi connectivity index (χ4v) is 1.86. The van der Waals surface area contributed by atoms with Gasteiger partial charge in [0.2, 0.25) is 0 Å². The van der Waals surface area contributed by atoms with E-state index in [1.165, 1.54) is 24.3 Å². The minimum atomic E-state index is -0.503. The fourth-order valence-electron chi connectivity index (χ4n) is 1.86. The Hall–Kier alpha value is -2.48. The molecule has 0 bridgehead atoms. The number of likely N-dealkylation sites (N-methyl/N-ethyl adjacent to an activating group) is 1. The van der Waals surface area contributed by atoms with Gasteiger partial charge in [-0.3, -0.25) is 19.7 Å². The van der Waals surface area contributed by atoms with E-state index >= 15 is 0 Å². The second kappa shape index (κ2) is 8.08. The smallest absolute Gasteiger partial charge is 0.279 e. The monoisotopic (exact) mass is 309 g/mol. The number of non-ortho nitro benzene ring substituents is 1. The molecule has 0 heterocycles. The van der Waals surface area contributed by atoms with Crippen molar-refractivity contribution in [3.05, 3.63) is 34.4 Å². The van der Waals surface area contributed by atoms with Crippen LogP contribution in [0.15, 0.2) is 24.3 Å². The van der Waals surface area contributed by atoms with Gasteiger partial charge >= 0.3 is 0 Å². The molecule has 22 heavy (non-hydrogen) atoms. The molecule has 3 N–H and O–H groups in total. The van der Waals surface area contributed by atoms with Crippen LogP contribution in [0.25, 0.3) is 0 Å². The predicted molar refractivity (Wildman–Crippen MR) is 81.6 cm³/mol. The lowest BCUT2D eigenvalue weighted by atomic mass is 10.3. The summed E-state index contributed by atoms with van der Waals surface area (Å²) in [6.45, 7) is 4.07. The van der Waals surface area contributed by atoms with Crippen molar-refractivity contribution in [1.82, 2.24) is 5.32 Å². The van der Waals surface area contributed by atoms with Crippen LogP contribution in [0.3, 0.4) is 0 Å². The number of hydrogen-bond acceptors (Lipinski definition) is 4. The van der Waals surface area contributed by atoms with Crippen LogP contribution >= 0.6 is 0 Å². The molecular formula is C14H21N4O4+. The van der Waals surface area contributed by atoms with Gasteiger partial charge in [0.25, 0.3) is 17.5 Å². The van der Waals surface area contributed by atoms with E-state index in [9.17, 15) is 19.7 Å². The molecule has 1 atom stereocenters. The number of hydrogen-bond donors (Lipinski definition) is 3. The number of benzene rings is 1. The van der Waals surface area contributed by atoms with Gasteiger partial charge in [-0.05, 0) is 26.0 Å². The lowest BCUT2D eigenvalue weighted by molar-refractivity contribution is -0.862. The van der Waals surface area contributed by atoms with Crippen molar-refractivity contribution in [3.63, 3.8) is 0 Å². The number of nitrogens with zero attached hydrogens (tertiary/aromatic N) is 1. The first-order valence-corrected chi connectivity index (χ1v) is 6.93. The van der Waals surface area contributed by atoms with Crippen molar-refractivity contribution in [2.75, 3.05) is 25.5 Å². The number of amides is 2. The van der Waals surface area contributed by atoms with Crippen LogP contribution < -0.4 is 15.5 Å². The highest BCUT2D eigenvalue weighted by Crippen LogP contribution is 2.14. The summed E-state index contributed by atoms with van der Waals surface area (Å²) in [5.74, 6) is -0.376. The number of anilines is 1. The summed E-state index contributed by atoms with van der Waals surface area (Å²) in [5.41, 5.74) is 0.445. The van der Waals surface area contributed by atoms with Crippen LogP contribution in [0.4, 0.5) is 11.4 Å². The van der Waals surface area contributed by atoms with E-state index in [4.69, 9.17) is 0 Å². The van der Waals surface area contributed by atoms with E-state index in [1.54, 1.807) is 7.05 Å². The molecule has 2 amide bonds. The number of carbonyl (C=O) groups is 2. The molecule has 0 aliphatic carbocycles. The van der Waals surface area contributed by atoms with Gasteiger partial charge in [-0.1, -0.05) is 0 Å². The second-order valence-electron chi connectivity index (χ2n) is 5.39. The zero-order chi connectivity index (χ0) is 16.7. The van der Waals surface area contributed by atoms with Gasteiger partial charge in [0, 0.05) is 23.9 Å². The van der Waals surface area contributed by atoms with Crippen molar-refractivity contribution in [1.29, 1.82) is 0 Å². The molecule has 1 rings (SSSR count). The number of rotatable bonds is 7. The van der Waals surface area contributed by atoms with E-state index in [0.717, 1.165) is 4.90 Å². The van der Waals surface area contributed by atoms with Gasteiger partial charge in [-0.25, -0.2) is 0 Å². The molecule has 1 aromatic carbocycles. The third kappa shape index (κ3) is 6.31. The molecule has 1 unspecified atom stereocenters. The number of nitro groups is 1. The van der Waals surface area contributed by atoms with Gasteiger partial charge in [-0.2, -0.15) is 0 Å². The highest BCUT2D eigenvalue weighted by Gasteiger charge is 2.15. The highest BCUT2D eigenvalue weighted by atomic mass is 16.6. The van der Waals surface area contributed by atoms with E-state index < -0.39 is 4.92 Å². The number of nitrogens with one attached hydrogen (secondary N) is 3. The Morgan fingerprint density at radius 1 is 1.18 bits per heavy atom. The Morgan fingerprint density at radius 3 is 2.23 bits per heavy atom. The summed E-state index contributed by atoms with van der Waals surface area (Å²) < 4.78 is 0. The highest BCUT2D eigenvalue weighted by molar-refractivity contribution is 5.91. The lowest BCUT2D eigenvalue weighted by Gasteiger charge is -2.14. The van der Waals surface area contributed by atoms with Gasteiger partial charge in [0.15, 0.2) is 13.1 Å². The van der Waals surface area contributed by atoms with Gasteiger partial charge in [0.1, 0.15) is 0 Å². The minimum Gasteiger partial charge on any atom is -0.349 e. The van der Waals surface area contributed by atoms with Gasteiger partial charge < -0.3 is 15.5 Å². The van der Waals surface area contributed by atoms with Crippen LogP contribution in [-0.2, 0) is 9.59 Å². The SMILES string of the molecule is CC(C)NC(=O)C[NH+](C)CC(=O)Nc1ccc([N+](=O)[O-])cc1. The molecular weight excluding hydrogens is 288 g/mol. The quantitative estimate of drug-likeness (QED) is 0.469. The largest absolute Gasteiger partial charge is 0.349 e. The van der Waals surface area contributed by atoms with Crippen molar-refractivity contribution in [2.45, 2.75) is 19.9 Å². The minimum absolute atomic E-state index is 0.0360. The Labute approximate surface area is 128 Å². The van der Waals surface area contributed by atoms with Crippen molar-refractivity contribution in [2.24, 2.45) is 0 Å². The number of carbonyl (C=O) groups excluding carboxylic acids is 2. The van der Waals surface area contributed by atoms with Crippen LogP contribution in [0, 0.1) is 10.1 Å². The van der Waals surface area contributed by atoms with Crippen molar-refractivity contribution < 1.29 is 19.4 Å². The zero-order valence-corrected chi connectivity index (χ0v) is 12.9. The van der Waals surface area contributed by atoms with Gasteiger partial charge in [-0.15, -0.1) is 0 Å². The molecule has 0 aliphatic rings. The van der Waals surface area contributed by atoms with Crippen LogP contribution in [-0.4, -0.2) is 42.9 Å². The first-order valence-electron chi connectivity index (χ1n) is 6.93. The van der Waals surface area contributed by atoms with E-state index in [-0.39, 0.29) is 36.6 Å². The normalized spacial score (nSPS) is 11.8. The average molecular weight is 309 g/mol. The number of nitro benzene ring substituents is 1. The molecule has 8 nitrogen and oxygen atoms in total. The van der Waals surface area contributed by atoms with Crippen molar-refractivity contribution >= 4 is 23.2 Å². The second-order valence-corrected chi connectivity index (χ2v) is 5.39. The van der Waals surface area contributed by atoms with Crippen molar-refractivity contribution in [3.8, 4) is 0 Å². The molecule has 0 saturated heterocycles. The predicted octanol–water partition coefficient (Wildman–Crippen LogP) is -0.427. The first kappa shape index (κ1) is 17.6. The first-order chi connectivity index (χ1) is 10.3. The van der Waals surface area contributed by atoms with E-state index in [0.29, 0.717) is 5.69 Å². The molecule has 0 radical (unpaired) electrons. The van der Waals surface area contributed by atoms with Crippen LogP contribution in [0.5, 0.6) is 0 Å². The summed E-state index contributed by atoms with van der Waals surface area (Å²) in [6.07, 6.45) is 0. The maximum atomic E-state index is 11.8. The standard InChI is InChI=1S/C14H20N4O4/c1-10(2)15-13(19)8-17(3)9-14(20)16-11-4-6-12(7-5-11)18(21)22/h4-7,10H,8-9H2,1-3H3,(H,15,19)(H,16,20)/p+1. The summed E-state index contributed by atoms with van der Waals surface area (Å²) in [5, 5.41) is 15.9. The van der Waals surface area contributed by atoms with Crippen LogP contribution in [0.1, 0.15) is 13.8 Å². The van der Waals surface area contributed by atoms with Crippen LogP contribution in [0.2, 0.25) is 0 Å². The Balaban J connectivity index is 2.45. The molecule has 0 aromatic heterocycles. The Bertz CT molecular complexity index is 542. The molecule has 0 fully saturated rings. The maximum Gasteiger partial charge on any atom is 0.279 e. The number of quaternary nitrogens is 1. The third-order valence-corrected chi connectivity index (χ3v) is 2.74. The molecule has 8 heteroatoms. The lowest BCUT2D eigenvalue weighted by Crippen LogP contribution is -3.11. The maximum absolute atomic E-state index is 11.8. The summed E-state index contributed by atoms with van der Waals surface area (Å²) >= 11 is 0. The molecule has 0 aliphatic heterocycles. The fraction of sp³-hybridized carbons (Fsp3) is 0.429. The topological polar surface area (TPSA) is 106 Å². The summed E-state index contributed by atoms with van der Waals surface area (Å²) in [6, 6.07) is 5.65. The van der Waals surface area contributed by atoms with E-state index in [2.05, 4.69) is 10.6 Å². The molecule has 0 spiro atoms. The molecule has 1 aromatic rings. The molecule has 120 valence electrons. The zero-order valence-electron chi connectivity index (χ0n) is 12.9. The third-order valence-electron chi connectivity index (χ3n) is 2.74. The summed E-state index contributed by atoms with van der Waals surface area (Å²) in [7, 11) is 1.75. The van der Waals surface area contributed by atoms with Gasteiger partial charge in [0.05, 0.1) is 12.0 Å². The summed E-state index contributed by atoms with van der Waals surface area (Å²) in [4.78, 5) is 34.2. The van der Waals surface area contributed by atoms with E-state index in [1.807, 2.05) is 13.8 Å². The average Bonchev–Trinajstić information content (AvgIpc) is 2.37. The molecule has 0 saturated carbocycles.